The summed E-state index contributed by atoms with van der Waals surface area (Å²) in [5.41, 5.74) is 3.26. The highest BCUT2D eigenvalue weighted by Gasteiger charge is 2.37. The molecule has 1 aliphatic heterocycles. The topological polar surface area (TPSA) is 78.3 Å². The van der Waals surface area contributed by atoms with E-state index in [4.69, 9.17) is 31.2 Å². The van der Waals surface area contributed by atoms with Gasteiger partial charge in [0.15, 0.2) is 23.1 Å². The highest BCUT2D eigenvalue weighted by Crippen LogP contribution is 2.43. The molecule has 0 amide bonds. The summed E-state index contributed by atoms with van der Waals surface area (Å²) in [5.74, 6) is 2.49. The van der Waals surface area contributed by atoms with Gasteiger partial charge < -0.3 is 14.8 Å². The van der Waals surface area contributed by atoms with E-state index in [0.29, 0.717) is 41.3 Å². The zero-order valence-electron chi connectivity index (χ0n) is 17.9. The molecule has 2 heterocycles. The molecule has 3 aromatic rings. The van der Waals surface area contributed by atoms with Crippen LogP contribution in [-0.2, 0) is 4.79 Å². The fourth-order valence-electron chi connectivity index (χ4n) is 4.35. The van der Waals surface area contributed by atoms with Crippen LogP contribution in [0.4, 0.5) is 5.95 Å². The number of ether oxygens (including phenoxy) is 2. The minimum atomic E-state index is -0.414. The van der Waals surface area contributed by atoms with E-state index >= 15 is 0 Å². The molecule has 0 fully saturated rings. The van der Waals surface area contributed by atoms with Gasteiger partial charge in [-0.05, 0) is 49.6 Å². The van der Waals surface area contributed by atoms with Crippen molar-refractivity contribution in [1.82, 2.24) is 14.8 Å². The minimum Gasteiger partial charge on any atom is -0.493 e. The molecule has 1 atom stereocenters. The molecular formula is C24H23ClN4O3. The summed E-state index contributed by atoms with van der Waals surface area (Å²) in [5, 5.41) is 8.70. The number of halogens is 1. The van der Waals surface area contributed by atoms with Crippen LogP contribution in [0.25, 0.3) is 11.4 Å². The van der Waals surface area contributed by atoms with Gasteiger partial charge in [-0.1, -0.05) is 29.8 Å². The van der Waals surface area contributed by atoms with Crippen molar-refractivity contribution in [3.63, 3.8) is 0 Å². The van der Waals surface area contributed by atoms with Gasteiger partial charge in [-0.3, -0.25) is 4.79 Å². The number of nitrogens with zero attached hydrogens (tertiary/aromatic N) is 3. The van der Waals surface area contributed by atoms with Crippen LogP contribution in [0.5, 0.6) is 11.5 Å². The first-order chi connectivity index (χ1) is 15.6. The van der Waals surface area contributed by atoms with Crippen molar-refractivity contribution in [1.29, 1.82) is 0 Å². The Bertz CT molecular complexity index is 1230. The molecule has 1 aromatic heterocycles. The summed E-state index contributed by atoms with van der Waals surface area (Å²) < 4.78 is 13.0. The molecule has 164 valence electrons. The molecule has 7 nitrogen and oxygen atoms in total. The van der Waals surface area contributed by atoms with Crippen molar-refractivity contribution in [2.75, 3.05) is 19.0 Å². The van der Waals surface area contributed by atoms with Crippen molar-refractivity contribution in [3.05, 3.63) is 64.3 Å². The van der Waals surface area contributed by atoms with E-state index in [1.165, 1.54) is 0 Å². The first-order valence-electron chi connectivity index (χ1n) is 10.7. The monoisotopic (exact) mass is 450 g/mol. The van der Waals surface area contributed by atoms with E-state index < -0.39 is 6.04 Å². The van der Waals surface area contributed by atoms with Crippen molar-refractivity contribution < 1.29 is 14.3 Å². The summed E-state index contributed by atoms with van der Waals surface area (Å²) in [4.78, 5) is 17.8. The van der Waals surface area contributed by atoms with Gasteiger partial charge in [0.05, 0.1) is 18.7 Å². The Morgan fingerprint density at radius 3 is 2.81 bits per heavy atom. The zero-order valence-corrected chi connectivity index (χ0v) is 18.6. The number of allylic oxidation sites excluding steroid dienone is 2. The Morgan fingerprint density at radius 2 is 2.03 bits per heavy atom. The summed E-state index contributed by atoms with van der Waals surface area (Å²) in [7, 11) is 1.61. The number of benzene rings is 2. The molecule has 32 heavy (non-hydrogen) atoms. The number of carbonyl (C=O) groups is 1. The van der Waals surface area contributed by atoms with Gasteiger partial charge in [0.2, 0.25) is 5.95 Å². The highest BCUT2D eigenvalue weighted by molar-refractivity contribution is 6.33. The molecule has 0 saturated carbocycles. The van der Waals surface area contributed by atoms with E-state index in [2.05, 4.69) is 5.32 Å². The van der Waals surface area contributed by atoms with Gasteiger partial charge in [-0.15, -0.1) is 5.10 Å². The number of carbonyl (C=O) groups excluding carboxylic acids is 1. The SMILES string of the molecule is CCOc1ccc(C2C3=C(CCCC3=O)Nc3nc(-c4ccccc4Cl)nn32)cc1OC. The van der Waals surface area contributed by atoms with Crippen LogP contribution in [-0.4, -0.2) is 34.3 Å². The van der Waals surface area contributed by atoms with E-state index in [9.17, 15) is 4.79 Å². The Kier molecular flexibility index (Phi) is 5.35. The molecule has 1 aliphatic carbocycles. The average Bonchev–Trinajstić information content (AvgIpc) is 3.22. The zero-order chi connectivity index (χ0) is 22.2. The van der Waals surface area contributed by atoms with Crippen LogP contribution in [0.15, 0.2) is 53.7 Å². The predicted molar refractivity (Wildman–Crippen MR) is 122 cm³/mol. The van der Waals surface area contributed by atoms with Crippen LogP contribution in [0, 0.1) is 0 Å². The number of hydrogen-bond acceptors (Lipinski definition) is 6. The average molecular weight is 451 g/mol. The van der Waals surface area contributed by atoms with Gasteiger partial charge in [-0.25, -0.2) is 4.68 Å². The van der Waals surface area contributed by atoms with Crippen LogP contribution in [0.2, 0.25) is 5.02 Å². The van der Waals surface area contributed by atoms with Gasteiger partial charge in [0.25, 0.3) is 0 Å². The second-order valence-corrected chi connectivity index (χ2v) is 8.13. The number of fused-ring (bicyclic) bond motifs is 1. The molecule has 0 saturated heterocycles. The Hall–Kier alpha value is -3.32. The Labute approximate surface area is 191 Å². The standard InChI is InChI=1S/C24H23ClN4O3/c1-3-32-19-12-11-14(13-20(19)31-2)22-21-17(9-6-10-18(21)30)26-24-27-23(28-29(22)24)15-7-4-5-8-16(15)25/h4-5,7-8,11-13,22H,3,6,9-10H2,1-2H3,(H,26,27,28). The maximum absolute atomic E-state index is 13.0. The van der Waals surface area contributed by atoms with E-state index in [-0.39, 0.29) is 5.78 Å². The third kappa shape index (κ3) is 3.42. The van der Waals surface area contributed by atoms with Gasteiger partial charge >= 0.3 is 0 Å². The van der Waals surface area contributed by atoms with Gasteiger partial charge in [-0.2, -0.15) is 4.98 Å². The van der Waals surface area contributed by atoms with E-state index in [1.807, 2.05) is 49.4 Å². The number of aromatic nitrogens is 3. The number of hydrogen-bond donors (Lipinski definition) is 1. The van der Waals surface area contributed by atoms with Crippen LogP contribution in [0.3, 0.4) is 0 Å². The number of Topliss-reactive ketones (excluding diaryl/α,β-unsaturated/α-hetero) is 1. The summed E-state index contributed by atoms with van der Waals surface area (Å²) in [6, 6.07) is 12.8. The lowest BCUT2D eigenvalue weighted by molar-refractivity contribution is -0.116. The molecule has 2 aromatic carbocycles. The summed E-state index contributed by atoms with van der Waals surface area (Å²) in [6.07, 6.45) is 2.13. The first kappa shape index (κ1) is 20.6. The molecule has 0 radical (unpaired) electrons. The van der Waals surface area contributed by atoms with Crippen LogP contribution < -0.4 is 14.8 Å². The lowest BCUT2D eigenvalue weighted by atomic mass is 9.85. The second-order valence-electron chi connectivity index (χ2n) is 7.72. The third-order valence-electron chi connectivity index (χ3n) is 5.79. The van der Waals surface area contributed by atoms with Crippen molar-refractivity contribution in [3.8, 4) is 22.9 Å². The Balaban J connectivity index is 1.67. The summed E-state index contributed by atoms with van der Waals surface area (Å²) >= 11 is 6.40. The number of anilines is 1. The lowest BCUT2D eigenvalue weighted by Crippen LogP contribution is -2.31. The maximum Gasteiger partial charge on any atom is 0.226 e. The number of methoxy groups -OCH3 is 1. The molecular weight excluding hydrogens is 428 g/mol. The largest absolute Gasteiger partial charge is 0.493 e. The maximum atomic E-state index is 13.0. The molecule has 1 N–H and O–H groups in total. The van der Waals surface area contributed by atoms with Crippen LogP contribution >= 0.6 is 11.6 Å². The van der Waals surface area contributed by atoms with Crippen molar-refractivity contribution >= 4 is 23.3 Å². The lowest BCUT2D eigenvalue weighted by Gasteiger charge is -2.32. The van der Waals surface area contributed by atoms with Crippen molar-refractivity contribution in [2.24, 2.45) is 0 Å². The van der Waals surface area contributed by atoms with Crippen molar-refractivity contribution in [2.45, 2.75) is 32.2 Å². The number of ketones is 1. The third-order valence-corrected chi connectivity index (χ3v) is 6.12. The molecule has 1 unspecified atom stereocenters. The van der Waals surface area contributed by atoms with Gasteiger partial charge in [0, 0.05) is 23.3 Å². The predicted octanol–water partition coefficient (Wildman–Crippen LogP) is 5.03. The highest BCUT2D eigenvalue weighted by atomic mass is 35.5. The number of nitrogens with one attached hydrogen (secondary N) is 1. The van der Waals surface area contributed by atoms with Gasteiger partial charge in [0.1, 0.15) is 6.04 Å². The molecule has 8 heteroatoms. The molecule has 5 rings (SSSR count). The van der Waals surface area contributed by atoms with E-state index in [0.717, 1.165) is 35.2 Å². The molecule has 2 aliphatic rings. The minimum absolute atomic E-state index is 0.122. The Morgan fingerprint density at radius 1 is 1.19 bits per heavy atom. The molecule has 0 bridgehead atoms. The fraction of sp³-hybridized carbons (Fsp3) is 0.292. The molecule has 0 spiro atoms. The summed E-state index contributed by atoms with van der Waals surface area (Å²) in [6.45, 7) is 2.46. The normalized spacial score (nSPS) is 17.5. The smallest absolute Gasteiger partial charge is 0.226 e. The van der Waals surface area contributed by atoms with E-state index in [1.54, 1.807) is 11.8 Å². The second kappa shape index (κ2) is 8.31. The number of rotatable bonds is 5. The quantitative estimate of drug-likeness (QED) is 0.587. The van der Waals surface area contributed by atoms with Crippen LogP contribution in [0.1, 0.15) is 37.8 Å². The fourth-order valence-corrected chi connectivity index (χ4v) is 4.57. The first-order valence-corrected chi connectivity index (χ1v) is 11.0.